The molecule has 0 saturated carbocycles. The first-order valence-electron chi connectivity index (χ1n) is 7.00. The third kappa shape index (κ3) is 4.88. The molecule has 0 bridgehead atoms. The number of hydrogen-bond donors (Lipinski definition) is 1. The predicted molar refractivity (Wildman–Crippen MR) is 85.7 cm³/mol. The predicted octanol–water partition coefficient (Wildman–Crippen LogP) is 2.41. The van der Waals surface area contributed by atoms with Crippen LogP contribution in [0.15, 0.2) is 10.9 Å². The molecule has 20 heavy (non-hydrogen) atoms. The SMILES string of the molecule is Cc1cc(=O)n(CCOCP(C(C)C)C(C)C)c(N)n1. The Hall–Kier alpha value is -0.930. The summed E-state index contributed by atoms with van der Waals surface area (Å²) in [5.74, 6) is 0.258. The highest BCUT2D eigenvalue weighted by atomic mass is 31.1. The molecular weight excluding hydrogens is 273 g/mol. The number of ether oxygens (including phenoxy) is 1. The minimum atomic E-state index is -0.136. The van der Waals surface area contributed by atoms with Crippen molar-refractivity contribution in [1.82, 2.24) is 9.55 Å². The van der Waals surface area contributed by atoms with Gasteiger partial charge in [-0.1, -0.05) is 35.6 Å². The Kier molecular flexibility index (Phi) is 6.63. The van der Waals surface area contributed by atoms with Crippen molar-refractivity contribution in [3.05, 3.63) is 22.1 Å². The summed E-state index contributed by atoms with van der Waals surface area (Å²) in [6, 6.07) is 1.49. The summed E-state index contributed by atoms with van der Waals surface area (Å²) in [4.78, 5) is 15.9. The number of anilines is 1. The number of aryl methyl sites for hydroxylation is 1. The van der Waals surface area contributed by atoms with E-state index >= 15 is 0 Å². The zero-order valence-electron chi connectivity index (χ0n) is 13.1. The van der Waals surface area contributed by atoms with Crippen LogP contribution in [0.3, 0.4) is 0 Å². The monoisotopic (exact) mass is 299 g/mol. The highest BCUT2D eigenvalue weighted by Crippen LogP contribution is 2.45. The molecule has 0 aliphatic carbocycles. The molecule has 114 valence electrons. The van der Waals surface area contributed by atoms with Crippen molar-refractivity contribution in [2.75, 3.05) is 18.7 Å². The summed E-state index contributed by atoms with van der Waals surface area (Å²) in [5.41, 5.74) is 7.59. The zero-order chi connectivity index (χ0) is 15.3. The van der Waals surface area contributed by atoms with Crippen molar-refractivity contribution in [1.29, 1.82) is 0 Å². The third-order valence-electron chi connectivity index (χ3n) is 3.19. The number of aromatic nitrogens is 2. The van der Waals surface area contributed by atoms with Crippen LogP contribution in [-0.4, -0.2) is 33.8 Å². The summed E-state index contributed by atoms with van der Waals surface area (Å²) in [6.07, 6.45) is 0.776. The van der Waals surface area contributed by atoms with Crippen LogP contribution < -0.4 is 11.3 Å². The van der Waals surface area contributed by atoms with Crippen LogP contribution in [0.2, 0.25) is 0 Å². The van der Waals surface area contributed by atoms with Gasteiger partial charge in [0.2, 0.25) is 5.95 Å². The van der Waals surface area contributed by atoms with Gasteiger partial charge in [0.05, 0.1) is 19.5 Å². The first-order chi connectivity index (χ1) is 9.32. The van der Waals surface area contributed by atoms with Crippen molar-refractivity contribution >= 4 is 13.9 Å². The van der Waals surface area contributed by atoms with Crippen LogP contribution in [0.25, 0.3) is 0 Å². The second kappa shape index (κ2) is 7.75. The summed E-state index contributed by atoms with van der Waals surface area (Å²) in [7, 11) is -0.136. The van der Waals surface area contributed by atoms with E-state index in [9.17, 15) is 4.79 Å². The van der Waals surface area contributed by atoms with E-state index in [0.29, 0.717) is 30.2 Å². The quantitative estimate of drug-likeness (QED) is 0.620. The fourth-order valence-electron chi connectivity index (χ4n) is 2.09. The second-order valence-electron chi connectivity index (χ2n) is 5.48. The largest absolute Gasteiger partial charge is 0.375 e. The fraction of sp³-hybridized carbons (Fsp3) is 0.714. The molecule has 0 saturated heterocycles. The Balaban J connectivity index is 2.51. The molecule has 0 atom stereocenters. The average molecular weight is 299 g/mol. The topological polar surface area (TPSA) is 70.1 Å². The number of hydrogen-bond acceptors (Lipinski definition) is 4. The van der Waals surface area contributed by atoms with Gasteiger partial charge in [0, 0.05) is 11.8 Å². The van der Waals surface area contributed by atoms with Crippen molar-refractivity contribution in [2.24, 2.45) is 0 Å². The Morgan fingerprint density at radius 3 is 2.45 bits per heavy atom. The average Bonchev–Trinajstić information content (AvgIpc) is 2.30. The van der Waals surface area contributed by atoms with Gasteiger partial charge in [-0.05, 0) is 18.2 Å². The van der Waals surface area contributed by atoms with Gasteiger partial charge in [0.25, 0.3) is 5.56 Å². The fourth-order valence-corrected chi connectivity index (χ4v) is 4.22. The number of rotatable bonds is 7. The van der Waals surface area contributed by atoms with Crippen molar-refractivity contribution in [2.45, 2.75) is 52.5 Å². The van der Waals surface area contributed by atoms with E-state index < -0.39 is 0 Å². The van der Waals surface area contributed by atoms with Gasteiger partial charge in [-0.2, -0.15) is 0 Å². The molecule has 0 aliphatic heterocycles. The molecule has 0 unspecified atom stereocenters. The van der Waals surface area contributed by atoms with E-state index in [1.807, 2.05) is 0 Å². The standard InChI is InChI=1S/C14H26N3O2P/c1-10(2)20(11(3)4)9-19-7-6-17-13(18)8-12(5)16-14(17)15/h8,10-11H,6-7,9H2,1-5H3,(H2,15,16). The first kappa shape index (κ1) is 17.1. The maximum atomic E-state index is 11.8. The molecule has 6 heteroatoms. The van der Waals surface area contributed by atoms with Gasteiger partial charge >= 0.3 is 0 Å². The minimum Gasteiger partial charge on any atom is -0.375 e. The maximum Gasteiger partial charge on any atom is 0.255 e. The Labute approximate surface area is 122 Å². The number of nitrogens with two attached hydrogens (primary N) is 1. The summed E-state index contributed by atoms with van der Waals surface area (Å²) < 4.78 is 7.21. The first-order valence-corrected chi connectivity index (χ1v) is 8.67. The third-order valence-corrected chi connectivity index (χ3v) is 6.33. The molecule has 0 aromatic carbocycles. The molecule has 0 aliphatic rings. The lowest BCUT2D eigenvalue weighted by Gasteiger charge is -2.25. The van der Waals surface area contributed by atoms with Crippen LogP contribution >= 0.6 is 7.92 Å². The highest BCUT2D eigenvalue weighted by Gasteiger charge is 2.16. The van der Waals surface area contributed by atoms with Crippen molar-refractivity contribution < 1.29 is 4.74 Å². The van der Waals surface area contributed by atoms with E-state index in [4.69, 9.17) is 10.5 Å². The molecular formula is C14H26N3O2P. The van der Waals surface area contributed by atoms with Gasteiger partial charge in [0.15, 0.2) is 0 Å². The maximum absolute atomic E-state index is 11.8. The molecule has 2 N–H and O–H groups in total. The highest BCUT2D eigenvalue weighted by molar-refractivity contribution is 7.58. The van der Waals surface area contributed by atoms with Gasteiger partial charge < -0.3 is 10.5 Å². The van der Waals surface area contributed by atoms with E-state index in [1.165, 1.54) is 10.6 Å². The van der Waals surface area contributed by atoms with E-state index in [2.05, 4.69) is 32.7 Å². The van der Waals surface area contributed by atoms with E-state index in [0.717, 1.165) is 6.35 Å². The molecule has 1 rings (SSSR count). The van der Waals surface area contributed by atoms with E-state index in [1.54, 1.807) is 6.92 Å². The van der Waals surface area contributed by atoms with Gasteiger partial charge in [0.1, 0.15) is 0 Å². The smallest absolute Gasteiger partial charge is 0.255 e. The molecule has 5 nitrogen and oxygen atoms in total. The normalized spacial score (nSPS) is 11.8. The van der Waals surface area contributed by atoms with Gasteiger partial charge in [-0.15, -0.1) is 0 Å². The van der Waals surface area contributed by atoms with Crippen LogP contribution in [0.4, 0.5) is 5.95 Å². The molecule has 0 radical (unpaired) electrons. The molecule has 0 amide bonds. The molecule has 1 heterocycles. The summed E-state index contributed by atoms with van der Waals surface area (Å²) in [6.45, 7) is 11.7. The van der Waals surface area contributed by atoms with E-state index in [-0.39, 0.29) is 19.4 Å². The lowest BCUT2D eigenvalue weighted by molar-refractivity contribution is 0.168. The molecule has 1 aromatic rings. The molecule has 0 fully saturated rings. The van der Waals surface area contributed by atoms with Crippen LogP contribution in [0.1, 0.15) is 33.4 Å². The Morgan fingerprint density at radius 1 is 1.35 bits per heavy atom. The molecule has 1 aromatic heterocycles. The molecule has 0 spiro atoms. The van der Waals surface area contributed by atoms with Crippen LogP contribution in [-0.2, 0) is 11.3 Å². The Bertz CT molecular complexity index is 478. The van der Waals surface area contributed by atoms with Crippen molar-refractivity contribution in [3.63, 3.8) is 0 Å². The number of nitrogens with zero attached hydrogens (tertiary/aromatic N) is 2. The Morgan fingerprint density at radius 2 is 1.95 bits per heavy atom. The second-order valence-corrected chi connectivity index (χ2v) is 8.84. The summed E-state index contributed by atoms with van der Waals surface area (Å²) >= 11 is 0. The van der Waals surface area contributed by atoms with Gasteiger partial charge in [-0.25, -0.2) is 4.98 Å². The number of nitrogen functional groups attached to an aromatic ring is 1. The minimum absolute atomic E-state index is 0.117. The lowest BCUT2D eigenvalue weighted by atomic mass is 10.4. The lowest BCUT2D eigenvalue weighted by Crippen LogP contribution is -2.26. The van der Waals surface area contributed by atoms with Crippen molar-refractivity contribution in [3.8, 4) is 0 Å². The zero-order valence-corrected chi connectivity index (χ0v) is 14.0. The van der Waals surface area contributed by atoms with Crippen LogP contribution in [0, 0.1) is 6.92 Å². The van der Waals surface area contributed by atoms with Crippen LogP contribution in [0.5, 0.6) is 0 Å². The van der Waals surface area contributed by atoms with Gasteiger partial charge in [-0.3, -0.25) is 9.36 Å². The summed E-state index contributed by atoms with van der Waals surface area (Å²) in [5, 5.41) is 0.